The lowest BCUT2D eigenvalue weighted by molar-refractivity contribution is 0.355. The second kappa shape index (κ2) is 6.61. The number of methoxy groups -OCH3 is 2. The first-order valence-corrected chi connectivity index (χ1v) is 8.93. The van der Waals surface area contributed by atoms with E-state index in [9.17, 15) is 0 Å². The van der Waals surface area contributed by atoms with Crippen LogP contribution in [0.25, 0.3) is 31.7 Å². The zero-order valence-electron chi connectivity index (χ0n) is 14.2. The molecular formula is C22H18O2S. The van der Waals surface area contributed by atoms with Crippen LogP contribution in [0.4, 0.5) is 0 Å². The van der Waals surface area contributed by atoms with Gasteiger partial charge in [-0.15, -0.1) is 11.3 Å². The van der Waals surface area contributed by atoms with E-state index in [1.54, 1.807) is 14.2 Å². The summed E-state index contributed by atoms with van der Waals surface area (Å²) < 4.78 is 10.8. The molecule has 1 heterocycles. The fourth-order valence-corrected chi connectivity index (χ4v) is 4.37. The maximum atomic E-state index is 5.48. The Morgan fingerprint density at radius 2 is 1.20 bits per heavy atom. The molecule has 3 heteroatoms. The van der Waals surface area contributed by atoms with Gasteiger partial charge in [-0.1, -0.05) is 54.6 Å². The lowest BCUT2D eigenvalue weighted by Crippen LogP contribution is -1.90. The van der Waals surface area contributed by atoms with E-state index >= 15 is 0 Å². The summed E-state index contributed by atoms with van der Waals surface area (Å²) in [6.07, 6.45) is 0. The standard InChI is InChI=1S/C22H18O2S/c1-23-19-13-12-16(14-20(19)24-2)22-18-11-7-6-10-17(18)21(25-22)15-8-4-3-5-9-15/h3-14H,1-2H3. The van der Waals surface area contributed by atoms with Gasteiger partial charge in [-0.05, 0) is 29.3 Å². The third-order valence-corrected chi connectivity index (χ3v) is 5.62. The van der Waals surface area contributed by atoms with Gasteiger partial charge in [-0.25, -0.2) is 0 Å². The number of rotatable bonds is 4. The Bertz CT molecular complexity index is 1020. The van der Waals surface area contributed by atoms with E-state index in [1.165, 1.54) is 26.1 Å². The van der Waals surface area contributed by atoms with Gasteiger partial charge in [0.05, 0.1) is 14.2 Å². The maximum Gasteiger partial charge on any atom is 0.161 e. The van der Waals surface area contributed by atoms with Crippen molar-refractivity contribution < 1.29 is 9.47 Å². The normalized spacial score (nSPS) is 10.8. The molecule has 0 unspecified atom stereocenters. The zero-order valence-corrected chi connectivity index (χ0v) is 15.0. The highest BCUT2D eigenvalue weighted by Crippen LogP contribution is 2.45. The molecule has 0 spiro atoms. The van der Waals surface area contributed by atoms with Crippen molar-refractivity contribution in [2.24, 2.45) is 0 Å². The number of hydrogen-bond donors (Lipinski definition) is 0. The molecule has 0 aliphatic carbocycles. The van der Waals surface area contributed by atoms with Crippen molar-refractivity contribution in [1.29, 1.82) is 0 Å². The Morgan fingerprint density at radius 3 is 1.84 bits per heavy atom. The van der Waals surface area contributed by atoms with Gasteiger partial charge in [0.1, 0.15) is 0 Å². The first kappa shape index (κ1) is 15.7. The van der Waals surface area contributed by atoms with Crippen molar-refractivity contribution >= 4 is 22.1 Å². The third-order valence-electron chi connectivity index (χ3n) is 4.30. The van der Waals surface area contributed by atoms with Crippen LogP contribution in [0, 0.1) is 0 Å². The van der Waals surface area contributed by atoms with E-state index in [0.29, 0.717) is 0 Å². The second-order valence-corrected chi connectivity index (χ2v) is 6.76. The predicted molar refractivity (Wildman–Crippen MR) is 106 cm³/mol. The SMILES string of the molecule is COc1ccc(-c2sc(-c3ccccc3)c3ccccc23)cc1OC. The van der Waals surface area contributed by atoms with E-state index in [0.717, 1.165) is 17.1 Å². The molecule has 4 aromatic rings. The molecular weight excluding hydrogens is 328 g/mol. The van der Waals surface area contributed by atoms with Crippen LogP contribution >= 0.6 is 11.3 Å². The van der Waals surface area contributed by atoms with E-state index in [1.807, 2.05) is 23.5 Å². The molecule has 1 aromatic heterocycles. The number of fused-ring (bicyclic) bond motifs is 1. The maximum absolute atomic E-state index is 5.48. The minimum Gasteiger partial charge on any atom is -0.493 e. The predicted octanol–water partition coefficient (Wildman–Crippen LogP) is 6.25. The van der Waals surface area contributed by atoms with E-state index < -0.39 is 0 Å². The summed E-state index contributed by atoms with van der Waals surface area (Å²) in [5.41, 5.74) is 2.39. The van der Waals surface area contributed by atoms with Crippen LogP contribution in [0.3, 0.4) is 0 Å². The van der Waals surface area contributed by atoms with Crippen molar-refractivity contribution in [3.05, 3.63) is 72.8 Å². The van der Waals surface area contributed by atoms with E-state index in [2.05, 4.69) is 60.7 Å². The summed E-state index contributed by atoms with van der Waals surface area (Å²) in [6, 6.07) is 25.2. The molecule has 0 saturated heterocycles. The quantitative estimate of drug-likeness (QED) is 0.435. The second-order valence-electron chi connectivity index (χ2n) is 5.74. The van der Waals surface area contributed by atoms with Crippen LogP contribution in [0.2, 0.25) is 0 Å². The molecule has 0 aliphatic heterocycles. The zero-order chi connectivity index (χ0) is 17.2. The molecule has 3 aromatic carbocycles. The summed E-state index contributed by atoms with van der Waals surface area (Å²) in [5, 5.41) is 2.54. The summed E-state index contributed by atoms with van der Waals surface area (Å²) >= 11 is 1.82. The van der Waals surface area contributed by atoms with E-state index in [-0.39, 0.29) is 0 Å². The first-order chi connectivity index (χ1) is 12.3. The molecule has 0 atom stereocenters. The first-order valence-electron chi connectivity index (χ1n) is 8.11. The lowest BCUT2D eigenvalue weighted by Gasteiger charge is -2.09. The highest BCUT2D eigenvalue weighted by atomic mass is 32.1. The fraction of sp³-hybridized carbons (Fsp3) is 0.0909. The molecule has 4 rings (SSSR count). The third kappa shape index (κ3) is 2.77. The smallest absolute Gasteiger partial charge is 0.161 e. The molecule has 0 amide bonds. The molecule has 25 heavy (non-hydrogen) atoms. The van der Waals surface area contributed by atoms with Crippen molar-refractivity contribution in [2.45, 2.75) is 0 Å². The van der Waals surface area contributed by atoms with Crippen LogP contribution in [-0.4, -0.2) is 14.2 Å². The summed E-state index contributed by atoms with van der Waals surface area (Å²) in [5.74, 6) is 1.49. The average molecular weight is 346 g/mol. The monoisotopic (exact) mass is 346 g/mol. The molecule has 0 fully saturated rings. The Morgan fingerprint density at radius 1 is 0.600 bits per heavy atom. The number of hydrogen-bond acceptors (Lipinski definition) is 3. The van der Waals surface area contributed by atoms with Gasteiger partial charge in [0.2, 0.25) is 0 Å². The van der Waals surface area contributed by atoms with E-state index in [4.69, 9.17) is 9.47 Å². The average Bonchev–Trinajstić information content (AvgIpc) is 3.08. The van der Waals surface area contributed by atoms with Gasteiger partial charge in [0.25, 0.3) is 0 Å². The van der Waals surface area contributed by atoms with Gasteiger partial charge < -0.3 is 9.47 Å². The summed E-state index contributed by atoms with van der Waals surface area (Å²) in [6.45, 7) is 0. The Kier molecular flexibility index (Phi) is 4.16. The Labute approximate surface area is 151 Å². The summed E-state index contributed by atoms with van der Waals surface area (Å²) in [4.78, 5) is 2.54. The minimum atomic E-state index is 0.746. The van der Waals surface area contributed by atoms with Crippen molar-refractivity contribution in [1.82, 2.24) is 0 Å². The Hall–Kier alpha value is -2.78. The topological polar surface area (TPSA) is 18.5 Å². The molecule has 2 nitrogen and oxygen atoms in total. The van der Waals surface area contributed by atoms with Crippen molar-refractivity contribution in [3.63, 3.8) is 0 Å². The summed E-state index contributed by atoms with van der Waals surface area (Å²) in [7, 11) is 3.33. The Balaban J connectivity index is 1.94. The van der Waals surface area contributed by atoms with Gasteiger partial charge in [-0.2, -0.15) is 0 Å². The molecule has 0 radical (unpaired) electrons. The largest absolute Gasteiger partial charge is 0.493 e. The molecule has 0 N–H and O–H groups in total. The molecule has 124 valence electrons. The highest BCUT2D eigenvalue weighted by molar-refractivity contribution is 7.21. The van der Waals surface area contributed by atoms with Crippen LogP contribution in [-0.2, 0) is 0 Å². The fourth-order valence-electron chi connectivity index (χ4n) is 3.09. The number of ether oxygens (including phenoxy) is 2. The van der Waals surface area contributed by atoms with Crippen LogP contribution in [0.15, 0.2) is 72.8 Å². The molecule has 0 aliphatic rings. The van der Waals surface area contributed by atoms with Gasteiger partial charge in [-0.3, -0.25) is 0 Å². The number of benzene rings is 3. The van der Waals surface area contributed by atoms with Gasteiger partial charge in [0.15, 0.2) is 11.5 Å². The molecule has 0 bridgehead atoms. The van der Waals surface area contributed by atoms with Crippen molar-refractivity contribution in [3.8, 4) is 32.4 Å². The number of thiophene rings is 1. The minimum absolute atomic E-state index is 0.746. The van der Waals surface area contributed by atoms with Crippen molar-refractivity contribution in [2.75, 3.05) is 14.2 Å². The molecule has 0 saturated carbocycles. The van der Waals surface area contributed by atoms with Crippen LogP contribution in [0.5, 0.6) is 11.5 Å². The van der Waals surface area contributed by atoms with Gasteiger partial charge >= 0.3 is 0 Å². The van der Waals surface area contributed by atoms with Gasteiger partial charge in [0, 0.05) is 20.5 Å². The lowest BCUT2D eigenvalue weighted by atomic mass is 10.0. The van der Waals surface area contributed by atoms with Crippen LogP contribution < -0.4 is 9.47 Å². The highest BCUT2D eigenvalue weighted by Gasteiger charge is 2.15. The van der Waals surface area contributed by atoms with Crippen LogP contribution in [0.1, 0.15) is 0 Å².